The number of ether oxygens (including phenoxy) is 1. The molecule has 1 saturated carbocycles. The van der Waals surface area contributed by atoms with E-state index in [-0.39, 0.29) is 23.8 Å². The number of aryl methyl sites for hydroxylation is 1. The van der Waals surface area contributed by atoms with Gasteiger partial charge in [-0.25, -0.2) is 0 Å². The quantitative estimate of drug-likeness (QED) is 0.349. The SMILES string of the molecule is CCOC(=O)C[C@H]1CC[C@H](NC(=O)c2cn(CC)c3cccc(Cc4ccc(C(F)(F)F)cc4)c23)CC1. The van der Waals surface area contributed by atoms with E-state index in [1.54, 1.807) is 6.92 Å². The first-order valence-electron chi connectivity index (χ1n) is 12.9. The minimum atomic E-state index is -4.37. The first kappa shape index (κ1) is 26.8. The molecule has 8 heteroatoms. The summed E-state index contributed by atoms with van der Waals surface area (Å²) in [5.74, 6) is -0.0293. The third-order valence-electron chi connectivity index (χ3n) is 7.20. The minimum absolute atomic E-state index is 0.0352. The Labute approximate surface area is 215 Å². The van der Waals surface area contributed by atoms with E-state index >= 15 is 0 Å². The number of carbonyl (C=O) groups is 2. The van der Waals surface area contributed by atoms with Crippen LogP contribution < -0.4 is 5.32 Å². The molecule has 5 nitrogen and oxygen atoms in total. The fourth-order valence-electron chi connectivity index (χ4n) is 5.27. The number of hydrogen-bond donors (Lipinski definition) is 1. The average molecular weight is 515 g/mol. The first-order chi connectivity index (χ1) is 17.7. The summed E-state index contributed by atoms with van der Waals surface area (Å²) in [5, 5.41) is 4.02. The average Bonchev–Trinajstić information content (AvgIpc) is 3.25. The molecule has 1 aliphatic carbocycles. The van der Waals surface area contributed by atoms with Gasteiger partial charge in [0.25, 0.3) is 5.91 Å². The number of halogens is 3. The molecule has 0 atom stereocenters. The van der Waals surface area contributed by atoms with Crippen LogP contribution in [0.4, 0.5) is 13.2 Å². The van der Waals surface area contributed by atoms with Crippen molar-refractivity contribution in [2.75, 3.05) is 6.61 Å². The van der Waals surface area contributed by atoms with Gasteiger partial charge in [-0.2, -0.15) is 13.2 Å². The summed E-state index contributed by atoms with van der Waals surface area (Å²) in [4.78, 5) is 25.2. The number of rotatable bonds is 8. The van der Waals surface area contributed by atoms with Gasteiger partial charge < -0.3 is 14.6 Å². The number of fused-ring (bicyclic) bond motifs is 1. The molecule has 2 aromatic carbocycles. The number of aromatic nitrogens is 1. The van der Waals surface area contributed by atoms with Crippen LogP contribution in [0.3, 0.4) is 0 Å². The topological polar surface area (TPSA) is 60.3 Å². The molecular formula is C29H33F3N2O3. The van der Waals surface area contributed by atoms with Crippen molar-refractivity contribution >= 4 is 22.8 Å². The maximum atomic E-state index is 13.4. The molecule has 37 heavy (non-hydrogen) atoms. The fourth-order valence-corrected chi connectivity index (χ4v) is 5.27. The van der Waals surface area contributed by atoms with E-state index in [1.165, 1.54) is 12.1 Å². The van der Waals surface area contributed by atoms with E-state index in [9.17, 15) is 22.8 Å². The van der Waals surface area contributed by atoms with E-state index < -0.39 is 11.7 Å². The maximum absolute atomic E-state index is 13.4. The second kappa shape index (κ2) is 11.4. The summed E-state index contributed by atoms with van der Waals surface area (Å²) >= 11 is 0. The van der Waals surface area contributed by atoms with Crippen LogP contribution in [0.15, 0.2) is 48.7 Å². The van der Waals surface area contributed by atoms with E-state index in [2.05, 4.69) is 5.32 Å². The Balaban J connectivity index is 1.51. The van der Waals surface area contributed by atoms with Crippen molar-refractivity contribution in [2.24, 2.45) is 5.92 Å². The monoisotopic (exact) mass is 514 g/mol. The van der Waals surface area contributed by atoms with Crippen molar-refractivity contribution in [1.82, 2.24) is 9.88 Å². The zero-order valence-electron chi connectivity index (χ0n) is 21.2. The lowest BCUT2D eigenvalue weighted by Gasteiger charge is -2.28. The predicted octanol–water partition coefficient (Wildman–Crippen LogP) is 6.51. The largest absolute Gasteiger partial charge is 0.466 e. The molecule has 0 spiro atoms. The van der Waals surface area contributed by atoms with Crippen LogP contribution in [-0.2, 0) is 28.7 Å². The summed E-state index contributed by atoms with van der Waals surface area (Å²) in [7, 11) is 0. The highest BCUT2D eigenvalue weighted by Crippen LogP contribution is 2.32. The lowest BCUT2D eigenvalue weighted by atomic mass is 9.84. The molecule has 4 rings (SSSR count). The lowest BCUT2D eigenvalue weighted by Crippen LogP contribution is -2.38. The van der Waals surface area contributed by atoms with Gasteiger partial charge in [0, 0.05) is 36.1 Å². The van der Waals surface area contributed by atoms with Crippen molar-refractivity contribution in [2.45, 2.75) is 71.1 Å². The molecule has 0 unspecified atom stereocenters. The van der Waals surface area contributed by atoms with Crippen LogP contribution in [0.5, 0.6) is 0 Å². The van der Waals surface area contributed by atoms with Gasteiger partial charge in [0.05, 0.1) is 17.7 Å². The normalized spacial score (nSPS) is 18.1. The van der Waals surface area contributed by atoms with Crippen molar-refractivity contribution in [1.29, 1.82) is 0 Å². The Morgan fingerprint density at radius 3 is 2.35 bits per heavy atom. The van der Waals surface area contributed by atoms with E-state index in [1.807, 2.05) is 35.9 Å². The van der Waals surface area contributed by atoms with E-state index in [4.69, 9.17) is 4.74 Å². The Morgan fingerprint density at radius 1 is 1.03 bits per heavy atom. The van der Waals surface area contributed by atoms with Gasteiger partial charge in [0.2, 0.25) is 0 Å². The maximum Gasteiger partial charge on any atom is 0.416 e. The number of carbonyl (C=O) groups excluding carboxylic acids is 2. The highest BCUT2D eigenvalue weighted by molar-refractivity contribution is 6.08. The van der Waals surface area contributed by atoms with Gasteiger partial charge in [-0.3, -0.25) is 9.59 Å². The van der Waals surface area contributed by atoms with Crippen LogP contribution in [0.2, 0.25) is 0 Å². The Hall–Kier alpha value is -3.29. The summed E-state index contributed by atoms with van der Waals surface area (Å²) in [6, 6.07) is 11.0. The number of alkyl halides is 3. The van der Waals surface area contributed by atoms with Gasteiger partial charge in [-0.15, -0.1) is 0 Å². The first-order valence-corrected chi connectivity index (χ1v) is 12.9. The van der Waals surface area contributed by atoms with E-state index in [0.29, 0.717) is 31.6 Å². The lowest BCUT2D eigenvalue weighted by molar-refractivity contribution is -0.144. The summed E-state index contributed by atoms with van der Waals surface area (Å²) < 4.78 is 46.0. The number of nitrogens with zero attached hydrogens (tertiary/aromatic N) is 1. The number of amides is 1. The third-order valence-corrected chi connectivity index (χ3v) is 7.20. The molecule has 0 bridgehead atoms. The molecule has 0 saturated heterocycles. The summed E-state index contributed by atoms with van der Waals surface area (Å²) in [5.41, 5.74) is 2.47. The summed E-state index contributed by atoms with van der Waals surface area (Å²) in [6.07, 6.45) is 1.66. The van der Waals surface area contributed by atoms with Crippen molar-refractivity contribution in [3.8, 4) is 0 Å². The second-order valence-corrected chi connectivity index (χ2v) is 9.71. The molecule has 0 radical (unpaired) electrons. The number of benzene rings is 2. The number of hydrogen-bond acceptors (Lipinski definition) is 3. The second-order valence-electron chi connectivity index (χ2n) is 9.71. The zero-order valence-corrected chi connectivity index (χ0v) is 21.2. The third kappa shape index (κ3) is 6.35. The number of esters is 1. The smallest absolute Gasteiger partial charge is 0.416 e. The van der Waals surface area contributed by atoms with Gasteiger partial charge in [0.15, 0.2) is 0 Å². The van der Waals surface area contributed by atoms with Gasteiger partial charge in [-0.1, -0.05) is 24.3 Å². The van der Waals surface area contributed by atoms with Gasteiger partial charge in [0.1, 0.15) is 0 Å². The highest BCUT2D eigenvalue weighted by Gasteiger charge is 2.30. The molecule has 1 amide bonds. The summed E-state index contributed by atoms with van der Waals surface area (Å²) in [6.45, 7) is 4.88. The molecule has 3 aromatic rings. The van der Waals surface area contributed by atoms with E-state index in [0.717, 1.165) is 59.8 Å². The standard InChI is InChI=1S/C29H33F3N2O3/c1-3-34-18-24(28(36)33-23-14-10-20(11-15-23)17-26(35)37-4-2)27-21(6-5-7-25(27)34)16-19-8-12-22(13-9-19)29(30,31)32/h5-9,12-13,18,20,23H,3-4,10-11,14-17H2,1-2H3,(H,33,36)/t20-,23-. The number of nitrogens with one attached hydrogen (secondary N) is 1. The molecule has 1 heterocycles. The molecular weight excluding hydrogens is 481 g/mol. The fraction of sp³-hybridized carbons (Fsp3) is 0.448. The molecule has 1 aromatic heterocycles. The molecule has 1 fully saturated rings. The van der Waals surface area contributed by atoms with Crippen LogP contribution in [0.25, 0.3) is 10.9 Å². The molecule has 1 N–H and O–H groups in total. The van der Waals surface area contributed by atoms with Crippen molar-refractivity contribution < 1.29 is 27.5 Å². The molecule has 1 aliphatic rings. The molecule has 0 aliphatic heterocycles. The Kier molecular flexibility index (Phi) is 8.25. The molecule has 198 valence electrons. The van der Waals surface area contributed by atoms with Crippen LogP contribution in [-0.4, -0.2) is 29.1 Å². The minimum Gasteiger partial charge on any atom is -0.466 e. The van der Waals surface area contributed by atoms with Crippen LogP contribution in [0, 0.1) is 5.92 Å². The Morgan fingerprint density at radius 2 is 1.73 bits per heavy atom. The van der Waals surface area contributed by atoms with Gasteiger partial charge in [-0.05, 0) is 81.2 Å². The predicted molar refractivity (Wildman–Crippen MR) is 136 cm³/mol. The van der Waals surface area contributed by atoms with Crippen molar-refractivity contribution in [3.05, 3.63) is 70.9 Å². The Bertz CT molecular complexity index is 1240. The zero-order chi connectivity index (χ0) is 26.6. The van der Waals surface area contributed by atoms with Crippen molar-refractivity contribution in [3.63, 3.8) is 0 Å². The van der Waals surface area contributed by atoms with Crippen LogP contribution in [0.1, 0.15) is 73.0 Å². The highest BCUT2D eigenvalue weighted by atomic mass is 19.4. The van der Waals surface area contributed by atoms with Crippen LogP contribution >= 0.6 is 0 Å². The van der Waals surface area contributed by atoms with Gasteiger partial charge >= 0.3 is 12.1 Å².